The van der Waals surface area contributed by atoms with Gasteiger partial charge in [0, 0.05) is 24.0 Å². The Morgan fingerprint density at radius 2 is 1.95 bits per heavy atom. The zero-order chi connectivity index (χ0) is 14.7. The number of anilines is 1. The maximum atomic E-state index is 12.4. The van der Waals surface area contributed by atoms with Gasteiger partial charge in [-0.25, -0.2) is 0 Å². The van der Waals surface area contributed by atoms with Gasteiger partial charge in [-0.2, -0.15) is 0 Å². The van der Waals surface area contributed by atoms with Gasteiger partial charge in [-0.15, -0.1) is 0 Å². The summed E-state index contributed by atoms with van der Waals surface area (Å²) in [6, 6.07) is 10.6. The Morgan fingerprint density at radius 3 is 2.55 bits per heavy atom. The fourth-order valence-electron chi connectivity index (χ4n) is 1.89. The number of halogens is 1. The summed E-state index contributed by atoms with van der Waals surface area (Å²) in [6.45, 7) is 1.95. The summed E-state index contributed by atoms with van der Waals surface area (Å²) in [4.78, 5) is 18.0. The van der Waals surface area contributed by atoms with Gasteiger partial charge in [-0.1, -0.05) is 23.7 Å². The molecule has 0 saturated carbocycles. The summed E-state index contributed by atoms with van der Waals surface area (Å²) in [5, 5.41) is 0.674. The van der Waals surface area contributed by atoms with Crippen LogP contribution in [0.4, 0.5) is 5.69 Å². The highest BCUT2D eigenvalue weighted by Crippen LogP contribution is 2.22. The van der Waals surface area contributed by atoms with Crippen molar-refractivity contribution < 1.29 is 4.79 Å². The minimum absolute atomic E-state index is 0.0806. The molecule has 0 saturated heterocycles. The Morgan fingerprint density at radius 1 is 1.30 bits per heavy atom. The largest absolute Gasteiger partial charge is 0.399 e. The normalized spacial score (nSPS) is 11.9. The van der Waals surface area contributed by atoms with E-state index < -0.39 is 0 Å². The lowest BCUT2D eigenvalue weighted by atomic mass is 10.1. The van der Waals surface area contributed by atoms with Crippen molar-refractivity contribution in [3.63, 3.8) is 0 Å². The molecule has 104 valence electrons. The average Bonchev–Trinajstić information content (AvgIpc) is 2.46. The van der Waals surface area contributed by atoms with Gasteiger partial charge in [0.15, 0.2) is 0 Å². The van der Waals surface area contributed by atoms with Crippen molar-refractivity contribution in [1.29, 1.82) is 0 Å². The number of pyridine rings is 1. The van der Waals surface area contributed by atoms with Crippen molar-refractivity contribution >= 4 is 23.2 Å². The van der Waals surface area contributed by atoms with Gasteiger partial charge >= 0.3 is 0 Å². The number of amides is 1. The topological polar surface area (TPSA) is 59.2 Å². The third-order valence-electron chi connectivity index (χ3n) is 3.26. The second kappa shape index (κ2) is 5.92. The lowest BCUT2D eigenvalue weighted by Gasteiger charge is -2.25. The summed E-state index contributed by atoms with van der Waals surface area (Å²) in [6.07, 6.45) is 1.53. The van der Waals surface area contributed by atoms with Gasteiger partial charge in [0.05, 0.1) is 6.04 Å². The Kier molecular flexibility index (Phi) is 4.25. The van der Waals surface area contributed by atoms with E-state index in [1.165, 1.54) is 6.20 Å². The summed E-state index contributed by atoms with van der Waals surface area (Å²) >= 11 is 5.87. The van der Waals surface area contributed by atoms with E-state index in [4.69, 9.17) is 17.3 Å². The Hall–Kier alpha value is -2.07. The third-order valence-corrected chi connectivity index (χ3v) is 3.51. The molecule has 0 fully saturated rings. The van der Waals surface area contributed by atoms with Crippen LogP contribution in [0.15, 0.2) is 42.6 Å². The molecule has 0 aliphatic carbocycles. The summed E-state index contributed by atoms with van der Waals surface area (Å²) in [5.74, 6) is -0.167. The average molecular weight is 290 g/mol. The van der Waals surface area contributed by atoms with Crippen molar-refractivity contribution in [1.82, 2.24) is 9.88 Å². The van der Waals surface area contributed by atoms with Crippen LogP contribution >= 0.6 is 11.6 Å². The van der Waals surface area contributed by atoms with Crippen LogP contribution in [0.2, 0.25) is 5.02 Å². The van der Waals surface area contributed by atoms with Gasteiger partial charge in [0.25, 0.3) is 5.91 Å². The molecular formula is C15H16ClN3O. The first-order chi connectivity index (χ1) is 9.49. The molecule has 1 aromatic carbocycles. The van der Waals surface area contributed by atoms with E-state index in [1.807, 2.05) is 31.2 Å². The lowest BCUT2D eigenvalue weighted by Crippen LogP contribution is -2.30. The molecule has 4 nitrogen and oxygen atoms in total. The van der Waals surface area contributed by atoms with E-state index in [0.29, 0.717) is 16.4 Å². The van der Waals surface area contributed by atoms with E-state index in [-0.39, 0.29) is 11.9 Å². The minimum atomic E-state index is -0.167. The first-order valence-corrected chi connectivity index (χ1v) is 6.61. The van der Waals surface area contributed by atoms with Gasteiger partial charge in [-0.3, -0.25) is 9.78 Å². The number of carbonyl (C=O) groups excluding carboxylic acids is 1. The molecule has 20 heavy (non-hydrogen) atoms. The number of nitrogen functional groups attached to an aromatic ring is 1. The number of aromatic nitrogens is 1. The molecule has 1 heterocycles. The molecule has 1 amide bonds. The van der Waals surface area contributed by atoms with Gasteiger partial charge in [-0.05, 0) is 36.8 Å². The highest BCUT2D eigenvalue weighted by Gasteiger charge is 2.19. The number of benzene rings is 1. The number of hydrogen-bond donors (Lipinski definition) is 1. The van der Waals surface area contributed by atoms with Crippen LogP contribution < -0.4 is 5.73 Å². The maximum absolute atomic E-state index is 12.4. The second-order valence-corrected chi connectivity index (χ2v) is 5.05. The molecule has 0 bridgehead atoms. The quantitative estimate of drug-likeness (QED) is 0.944. The van der Waals surface area contributed by atoms with Crippen molar-refractivity contribution in [3.05, 3.63) is 58.9 Å². The van der Waals surface area contributed by atoms with Gasteiger partial charge in [0.1, 0.15) is 5.69 Å². The molecule has 2 N–H and O–H groups in total. The van der Waals surface area contributed by atoms with Crippen LogP contribution in [0.1, 0.15) is 29.0 Å². The molecule has 1 unspecified atom stereocenters. The molecule has 0 radical (unpaired) electrons. The van der Waals surface area contributed by atoms with Crippen molar-refractivity contribution in [2.75, 3.05) is 12.8 Å². The van der Waals surface area contributed by atoms with E-state index >= 15 is 0 Å². The summed E-state index contributed by atoms with van der Waals surface area (Å²) in [7, 11) is 1.74. The highest BCUT2D eigenvalue weighted by atomic mass is 35.5. The molecule has 0 aliphatic heterocycles. The zero-order valence-corrected chi connectivity index (χ0v) is 12.1. The zero-order valence-electron chi connectivity index (χ0n) is 11.4. The van der Waals surface area contributed by atoms with Crippen molar-refractivity contribution in [2.45, 2.75) is 13.0 Å². The lowest BCUT2D eigenvalue weighted by molar-refractivity contribution is 0.0737. The molecule has 0 aliphatic rings. The number of nitrogens with two attached hydrogens (primary N) is 1. The van der Waals surface area contributed by atoms with E-state index in [9.17, 15) is 4.79 Å². The Bertz CT molecular complexity index is 613. The summed E-state index contributed by atoms with van der Waals surface area (Å²) in [5.41, 5.74) is 7.55. The summed E-state index contributed by atoms with van der Waals surface area (Å²) < 4.78 is 0. The van der Waals surface area contributed by atoms with Crippen LogP contribution in [-0.4, -0.2) is 22.8 Å². The SMILES string of the molecule is CC(c1ccc(Cl)cc1)N(C)C(=O)c1cc(N)ccn1. The predicted octanol–water partition coefficient (Wildman–Crippen LogP) is 3.15. The molecule has 5 heteroatoms. The standard InChI is InChI=1S/C15H16ClN3O/c1-10(11-3-5-12(16)6-4-11)19(2)15(20)14-9-13(17)7-8-18-14/h3-10H,1-2H3,(H2,17,18). The predicted molar refractivity (Wildman–Crippen MR) is 80.6 cm³/mol. The first kappa shape index (κ1) is 14.3. The maximum Gasteiger partial charge on any atom is 0.272 e. The Labute approximate surface area is 123 Å². The second-order valence-electron chi connectivity index (χ2n) is 4.62. The van der Waals surface area contributed by atoms with Gasteiger partial charge < -0.3 is 10.6 Å². The fraction of sp³-hybridized carbons (Fsp3) is 0.200. The van der Waals surface area contributed by atoms with E-state index in [2.05, 4.69) is 4.98 Å². The van der Waals surface area contributed by atoms with Crippen molar-refractivity contribution in [2.24, 2.45) is 0 Å². The molecule has 1 aromatic heterocycles. The third kappa shape index (κ3) is 3.08. The highest BCUT2D eigenvalue weighted by molar-refractivity contribution is 6.30. The van der Waals surface area contributed by atoms with Gasteiger partial charge in [0.2, 0.25) is 0 Å². The van der Waals surface area contributed by atoms with Crippen LogP contribution in [-0.2, 0) is 0 Å². The minimum Gasteiger partial charge on any atom is -0.399 e. The number of rotatable bonds is 3. The fourth-order valence-corrected chi connectivity index (χ4v) is 2.01. The molecular weight excluding hydrogens is 274 g/mol. The first-order valence-electron chi connectivity index (χ1n) is 6.23. The molecule has 2 aromatic rings. The molecule has 0 spiro atoms. The number of hydrogen-bond acceptors (Lipinski definition) is 3. The van der Waals surface area contributed by atoms with E-state index in [0.717, 1.165) is 5.56 Å². The smallest absolute Gasteiger partial charge is 0.272 e. The van der Waals surface area contributed by atoms with E-state index in [1.54, 1.807) is 24.1 Å². The van der Waals surface area contributed by atoms with Crippen molar-refractivity contribution in [3.8, 4) is 0 Å². The monoisotopic (exact) mass is 289 g/mol. The Balaban J connectivity index is 2.20. The van der Waals surface area contributed by atoms with Crippen LogP contribution in [0.25, 0.3) is 0 Å². The molecule has 2 rings (SSSR count). The van der Waals surface area contributed by atoms with Crippen LogP contribution in [0.5, 0.6) is 0 Å². The number of carbonyl (C=O) groups is 1. The van der Waals surface area contributed by atoms with Crippen LogP contribution in [0.3, 0.4) is 0 Å². The van der Waals surface area contributed by atoms with Crippen LogP contribution in [0, 0.1) is 0 Å². The molecule has 1 atom stereocenters. The number of nitrogens with zero attached hydrogens (tertiary/aromatic N) is 2.